The molecular weight excluding hydrogens is 254 g/mol. The van der Waals surface area contributed by atoms with E-state index in [0.717, 1.165) is 16.0 Å². The van der Waals surface area contributed by atoms with Crippen LogP contribution in [0, 0.1) is 11.3 Å². The molecule has 0 spiro atoms. The zero-order valence-electron chi connectivity index (χ0n) is 10.6. The molecule has 2 nitrogen and oxygen atoms in total. The summed E-state index contributed by atoms with van der Waals surface area (Å²) in [7, 11) is 0. The average Bonchev–Trinajstić information content (AvgIpc) is 2.45. The van der Waals surface area contributed by atoms with Crippen LogP contribution in [-0.4, -0.2) is 11.5 Å². The van der Waals surface area contributed by atoms with Gasteiger partial charge in [0.1, 0.15) is 5.78 Å². The Morgan fingerprint density at radius 2 is 1.84 bits per heavy atom. The highest BCUT2D eigenvalue weighted by Crippen LogP contribution is 2.26. The van der Waals surface area contributed by atoms with Crippen LogP contribution in [0.15, 0.2) is 53.4 Å². The van der Waals surface area contributed by atoms with Gasteiger partial charge in [-0.15, -0.1) is 11.8 Å². The van der Waals surface area contributed by atoms with Crippen LogP contribution >= 0.6 is 11.8 Å². The first kappa shape index (κ1) is 13.4. The standard InChI is InChI=1S/C16H13NOS/c1-12(18)11-19-15-8-6-13(7-9-15)16-5-3-2-4-14(16)10-17/h2-9H,11H2,1H3. The Hall–Kier alpha value is -2.05. The monoisotopic (exact) mass is 267 g/mol. The van der Waals surface area contributed by atoms with Crippen LogP contribution in [0.5, 0.6) is 0 Å². The van der Waals surface area contributed by atoms with E-state index in [1.165, 1.54) is 11.8 Å². The number of carbonyl (C=O) groups excluding carboxylic acids is 1. The predicted octanol–water partition coefficient (Wildman–Crippen LogP) is 3.91. The molecule has 0 unspecified atom stereocenters. The molecule has 0 aromatic heterocycles. The Bertz CT molecular complexity index is 626. The normalized spacial score (nSPS) is 9.89. The molecule has 0 bridgehead atoms. The van der Waals surface area contributed by atoms with Gasteiger partial charge in [0.05, 0.1) is 17.4 Å². The van der Waals surface area contributed by atoms with Crippen LogP contribution in [0.25, 0.3) is 11.1 Å². The quantitative estimate of drug-likeness (QED) is 0.789. The fraction of sp³-hybridized carbons (Fsp3) is 0.125. The smallest absolute Gasteiger partial charge is 0.140 e. The van der Waals surface area contributed by atoms with E-state index in [2.05, 4.69) is 6.07 Å². The van der Waals surface area contributed by atoms with Gasteiger partial charge in [-0.25, -0.2) is 0 Å². The summed E-state index contributed by atoms with van der Waals surface area (Å²) >= 11 is 1.53. The van der Waals surface area contributed by atoms with Crippen molar-refractivity contribution >= 4 is 17.5 Å². The van der Waals surface area contributed by atoms with Gasteiger partial charge in [-0.05, 0) is 36.2 Å². The summed E-state index contributed by atoms with van der Waals surface area (Å²) in [6, 6.07) is 17.7. The molecule has 0 atom stereocenters. The average molecular weight is 267 g/mol. The van der Waals surface area contributed by atoms with Gasteiger partial charge < -0.3 is 0 Å². The van der Waals surface area contributed by atoms with E-state index in [-0.39, 0.29) is 5.78 Å². The summed E-state index contributed by atoms with van der Waals surface area (Å²) in [4.78, 5) is 12.0. The maximum atomic E-state index is 10.9. The molecule has 3 heteroatoms. The molecule has 0 saturated heterocycles. The Labute approximate surface area is 117 Å². The molecule has 0 fully saturated rings. The third-order valence-corrected chi connectivity index (χ3v) is 3.81. The number of nitrogens with zero attached hydrogens (tertiary/aromatic N) is 1. The van der Waals surface area contributed by atoms with Crippen LogP contribution in [-0.2, 0) is 4.79 Å². The van der Waals surface area contributed by atoms with Gasteiger partial charge in [0, 0.05) is 4.90 Å². The highest BCUT2D eigenvalue weighted by Gasteiger charge is 2.04. The second-order valence-electron chi connectivity index (χ2n) is 4.17. The van der Waals surface area contributed by atoms with E-state index in [1.54, 1.807) is 6.92 Å². The van der Waals surface area contributed by atoms with E-state index in [4.69, 9.17) is 5.26 Å². The lowest BCUT2D eigenvalue weighted by molar-refractivity contribution is -0.114. The minimum atomic E-state index is 0.170. The lowest BCUT2D eigenvalue weighted by Gasteiger charge is -2.05. The van der Waals surface area contributed by atoms with Crippen molar-refractivity contribution in [3.63, 3.8) is 0 Å². The van der Waals surface area contributed by atoms with E-state index < -0.39 is 0 Å². The van der Waals surface area contributed by atoms with Crippen molar-refractivity contribution in [3.05, 3.63) is 54.1 Å². The van der Waals surface area contributed by atoms with Crippen molar-refractivity contribution in [2.45, 2.75) is 11.8 Å². The number of thioether (sulfide) groups is 1. The van der Waals surface area contributed by atoms with Crippen LogP contribution in [0.1, 0.15) is 12.5 Å². The number of benzene rings is 2. The predicted molar refractivity (Wildman–Crippen MR) is 78.0 cm³/mol. The zero-order chi connectivity index (χ0) is 13.7. The first-order valence-electron chi connectivity index (χ1n) is 5.92. The second-order valence-corrected chi connectivity index (χ2v) is 5.22. The highest BCUT2D eigenvalue weighted by atomic mass is 32.2. The molecule has 94 valence electrons. The molecule has 0 N–H and O–H groups in total. The van der Waals surface area contributed by atoms with E-state index >= 15 is 0 Å². The SMILES string of the molecule is CC(=O)CSc1ccc(-c2ccccc2C#N)cc1. The zero-order valence-corrected chi connectivity index (χ0v) is 11.4. The summed E-state index contributed by atoms with van der Waals surface area (Å²) in [5.41, 5.74) is 2.63. The van der Waals surface area contributed by atoms with E-state index in [1.807, 2.05) is 48.5 Å². The molecule has 2 rings (SSSR count). The molecule has 0 radical (unpaired) electrons. The summed E-state index contributed by atoms with van der Waals surface area (Å²) in [5, 5.41) is 9.09. The maximum absolute atomic E-state index is 10.9. The van der Waals surface area contributed by atoms with Gasteiger partial charge in [-0.1, -0.05) is 30.3 Å². The minimum absolute atomic E-state index is 0.170. The molecule has 0 saturated carbocycles. The fourth-order valence-corrected chi connectivity index (χ4v) is 2.45. The van der Waals surface area contributed by atoms with Crippen LogP contribution < -0.4 is 0 Å². The molecule has 0 aliphatic heterocycles. The molecule has 19 heavy (non-hydrogen) atoms. The second kappa shape index (κ2) is 6.21. The number of hydrogen-bond acceptors (Lipinski definition) is 3. The first-order chi connectivity index (χ1) is 9.20. The number of Topliss-reactive ketones (excluding diaryl/α,β-unsaturated/α-hetero) is 1. The maximum Gasteiger partial charge on any atom is 0.140 e. The number of hydrogen-bond donors (Lipinski definition) is 0. The summed E-state index contributed by atoms with van der Waals surface area (Å²) in [5.74, 6) is 0.664. The number of rotatable bonds is 4. The number of nitriles is 1. The number of carbonyl (C=O) groups is 1. The minimum Gasteiger partial charge on any atom is -0.299 e. The van der Waals surface area contributed by atoms with Crippen LogP contribution in [0.3, 0.4) is 0 Å². The molecule has 2 aromatic rings. The van der Waals surface area contributed by atoms with Gasteiger partial charge >= 0.3 is 0 Å². The largest absolute Gasteiger partial charge is 0.299 e. The third kappa shape index (κ3) is 3.46. The molecule has 0 aliphatic carbocycles. The molecule has 2 aromatic carbocycles. The summed E-state index contributed by atoms with van der Waals surface area (Å²) in [6.07, 6.45) is 0. The molecule has 0 aliphatic rings. The van der Waals surface area contributed by atoms with Gasteiger partial charge in [0.15, 0.2) is 0 Å². The van der Waals surface area contributed by atoms with Crippen LogP contribution in [0.4, 0.5) is 0 Å². The van der Waals surface area contributed by atoms with Gasteiger partial charge in [0.2, 0.25) is 0 Å². The van der Waals surface area contributed by atoms with Gasteiger partial charge in [0.25, 0.3) is 0 Å². The summed E-state index contributed by atoms with van der Waals surface area (Å²) in [6.45, 7) is 1.59. The highest BCUT2D eigenvalue weighted by molar-refractivity contribution is 8.00. The fourth-order valence-electron chi connectivity index (χ4n) is 1.75. The van der Waals surface area contributed by atoms with Crippen molar-refractivity contribution in [2.75, 3.05) is 5.75 Å². The lowest BCUT2D eigenvalue weighted by atomic mass is 10.0. The Morgan fingerprint density at radius 1 is 1.16 bits per heavy atom. The van der Waals surface area contributed by atoms with Gasteiger partial charge in [-0.3, -0.25) is 4.79 Å². The van der Waals surface area contributed by atoms with E-state index in [0.29, 0.717) is 11.3 Å². The summed E-state index contributed by atoms with van der Waals surface area (Å²) < 4.78 is 0. The number of ketones is 1. The molecular formula is C16H13NOS. The van der Waals surface area contributed by atoms with E-state index in [9.17, 15) is 4.79 Å². The van der Waals surface area contributed by atoms with Crippen LogP contribution in [0.2, 0.25) is 0 Å². The van der Waals surface area contributed by atoms with Crippen molar-refractivity contribution in [1.29, 1.82) is 5.26 Å². The molecule has 0 heterocycles. The Balaban J connectivity index is 2.23. The topological polar surface area (TPSA) is 40.9 Å². The van der Waals surface area contributed by atoms with Crippen molar-refractivity contribution in [3.8, 4) is 17.2 Å². The van der Waals surface area contributed by atoms with Crippen molar-refractivity contribution in [2.24, 2.45) is 0 Å². The molecule has 0 amide bonds. The van der Waals surface area contributed by atoms with Gasteiger partial charge in [-0.2, -0.15) is 5.26 Å². The Morgan fingerprint density at radius 3 is 2.47 bits per heavy atom. The van der Waals surface area contributed by atoms with Crippen molar-refractivity contribution in [1.82, 2.24) is 0 Å². The Kier molecular flexibility index (Phi) is 4.38. The first-order valence-corrected chi connectivity index (χ1v) is 6.91. The lowest BCUT2D eigenvalue weighted by Crippen LogP contribution is -1.92. The van der Waals surface area contributed by atoms with Crippen molar-refractivity contribution < 1.29 is 4.79 Å². The third-order valence-electron chi connectivity index (χ3n) is 2.65.